The maximum absolute atomic E-state index is 12.4. The molecule has 3 rings (SSSR count). The van der Waals surface area contributed by atoms with Gasteiger partial charge in [-0.2, -0.15) is 0 Å². The van der Waals surface area contributed by atoms with Crippen molar-refractivity contribution in [1.82, 2.24) is 0 Å². The molecule has 0 spiro atoms. The highest BCUT2D eigenvalue weighted by Gasteiger charge is 2.32. The molecule has 0 bridgehead atoms. The maximum atomic E-state index is 12.4. The number of para-hydroxylation sites is 1. The van der Waals surface area contributed by atoms with Gasteiger partial charge in [0.1, 0.15) is 6.10 Å². The van der Waals surface area contributed by atoms with Crippen molar-refractivity contribution in [2.45, 2.75) is 46.6 Å². The zero-order chi connectivity index (χ0) is 18.9. The standard InChI is InChI=1S/C22H27NO3/c1-5-15-11-12-19-17(13-15)20(24)16-9-7-8-10-18(16)23(19)14-26-21(25)22(3,4)6-2/h7-13,20,24H,5-6,14H2,1-4H3. The maximum Gasteiger partial charge on any atom is 0.313 e. The van der Waals surface area contributed by atoms with Crippen molar-refractivity contribution in [2.75, 3.05) is 11.6 Å². The third-order valence-corrected chi connectivity index (χ3v) is 5.37. The molecule has 26 heavy (non-hydrogen) atoms. The molecule has 1 atom stereocenters. The highest BCUT2D eigenvalue weighted by Crippen LogP contribution is 2.44. The SMILES string of the molecule is CCc1ccc2c(c1)C(O)c1ccccc1N2COC(=O)C(C)(C)CC. The number of aliphatic hydroxyl groups excluding tert-OH is 1. The lowest BCUT2D eigenvalue weighted by molar-refractivity contribution is -0.153. The summed E-state index contributed by atoms with van der Waals surface area (Å²) in [6, 6.07) is 13.8. The number of hydrogen-bond acceptors (Lipinski definition) is 4. The fourth-order valence-electron chi connectivity index (χ4n) is 3.15. The van der Waals surface area contributed by atoms with Gasteiger partial charge in [0.05, 0.1) is 16.8 Å². The van der Waals surface area contributed by atoms with Crippen LogP contribution in [0.3, 0.4) is 0 Å². The molecule has 2 aromatic carbocycles. The first kappa shape index (κ1) is 18.5. The van der Waals surface area contributed by atoms with Crippen LogP contribution in [0, 0.1) is 5.41 Å². The Morgan fingerprint density at radius 2 is 1.81 bits per heavy atom. The lowest BCUT2D eigenvalue weighted by Crippen LogP contribution is -2.33. The lowest BCUT2D eigenvalue weighted by atomic mass is 9.90. The van der Waals surface area contributed by atoms with E-state index in [0.29, 0.717) is 0 Å². The van der Waals surface area contributed by atoms with Gasteiger partial charge in [-0.25, -0.2) is 0 Å². The Labute approximate surface area is 155 Å². The van der Waals surface area contributed by atoms with E-state index in [-0.39, 0.29) is 12.7 Å². The van der Waals surface area contributed by atoms with Crippen LogP contribution in [0.2, 0.25) is 0 Å². The molecule has 1 aliphatic heterocycles. The number of benzene rings is 2. The van der Waals surface area contributed by atoms with Gasteiger partial charge in [-0.15, -0.1) is 0 Å². The Bertz CT molecular complexity index is 813. The highest BCUT2D eigenvalue weighted by molar-refractivity contribution is 5.78. The van der Waals surface area contributed by atoms with E-state index in [2.05, 4.69) is 13.0 Å². The van der Waals surface area contributed by atoms with Crippen molar-refractivity contribution < 1.29 is 14.6 Å². The minimum absolute atomic E-state index is 0.129. The molecule has 0 fully saturated rings. The van der Waals surface area contributed by atoms with Crippen molar-refractivity contribution in [3.05, 3.63) is 59.2 Å². The zero-order valence-corrected chi connectivity index (χ0v) is 16.0. The first-order valence-corrected chi connectivity index (χ1v) is 9.23. The largest absolute Gasteiger partial charge is 0.443 e. The van der Waals surface area contributed by atoms with Gasteiger partial charge in [-0.1, -0.05) is 44.2 Å². The number of rotatable bonds is 5. The van der Waals surface area contributed by atoms with Crippen LogP contribution in [-0.2, 0) is 16.0 Å². The van der Waals surface area contributed by atoms with Gasteiger partial charge in [-0.3, -0.25) is 4.79 Å². The normalized spacial score (nSPS) is 16.0. The van der Waals surface area contributed by atoms with Crippen molar-refractivity contribution in [3.63, 3.8) is 0 Å². The number of aryl methyl sites for hydroxylation is 1. The van der Waals surface area contributed by atoms with Crippen LogP contribution < -0.4 is 4.90 Å². The van der Waals surface area contributed by atoms with Crippen molar-refractivity contribution in [1.29, 1.82) is 0 Å². The van der Waals surface area contributed by atoms with Gasteiger partial charge in [0.15, 0.2) is 6.73 Å². The highest BCUT2D eigenvalue weighted by atomic mass is 16.5. The monoisotopic (exact) mass is 353 g/mol. The molecule has 138 valence electrons. The van der Waals surface area contributed by atoms with Crippen LogP contribution in [0.1, 0.15) is 56.9 Å². The Morgan fingerprint density at radius 3 is 2.50 bits per heavy atom. The van der Waals surface area contributed by atoms with Crippen LogP contribution in [0.15, 0.2) is 42.5 Å². The van der Waals surface area contributed by atoms with Crippen molar-refractivity contribution in [3.8, 4) is 0 Å². The summed E-state index contributed by atoms with van der Waals surface area (Å²) >= 11 is 0. The fourth-order valence-corrected chi connectivity index (χ4v) is 3.15. The number of aliphatic hydroxyl groups is 1. The first-order chi connectivity index (χ1) is 12.4. The summed E-state index contributed by atoms with van der Waals surface area (Å²) < 4.78 is 5.65. The van der Waals surface area contributed by atoms with Gasteiger partial charge >= 0.3 is 5.97 Å². The van der Waals surface area contributed by atoms with Crippen LogP contribution in [0.25, 0.3) is 0 Å². The van der Waals surface area contributed by atoms with Crippen LogP contribution in [-0.4, -0.2) is 17.8 Å². The second-order valence-electron chi connectivity index (χ2n) is 7.43. The van der Waals surface area contributed by atoms with Crippen LogP contribution in [0.5, 0.6) is 0 Å². The summed E-state index contributed by atoms with van der Waals surface area (Å²) in [5.74, 6) is -0.213. The summed E-state index contributed by atoms with van der Waals surface area (Å²) in [4.78, 5) is 14.4. The Morgan fingerprint density at radius 1 is 1.12 bits per heavy atom. The van der Waals surface area contributed by atoms with Crippen molar-refractivity contribution in [2.24, 2.45) is 5.41 Å². The summed E-state index contributed by atoms with van der Waals surface area (Å²) in [6.45, 7) is 7.99. The topological polar surface area (TPSA) is 49.8 Å². The molecule has 1 heterocycles. The van der Waals surface area contributed by atoms with E-state index in [1.165, 1.54) is 5.56 Å². The molecule has 1 aliphatic rings. The van der Waals surface area contributed by atoms with E-state index in [9.17, 15) is 9.90 Å². The number of ether oxygens (including phenoxy) is 1. The molecule has 0 radical (unpaired) electrons. The molecule has 4 nitrogen and oxygen atoms in total. The number of fused-ring (bicyclic) bond motifs is 2. The second kappa shape index (κ2) is 7.12. The summed E-state index contributed by atoms with van der Waals surface area (Å²) in [6.07, 6.45) is 0.950. The number of carbonyl (C=O) groups is 1. The number of hydrogen-bond donors (Lipinski definition) is 1. The summed E-state index contributed by atoms with van der Waals surface area (Å²) in [5.41, 5.74) is 4.11. The third kappa shape index (κ3) is 3.21. The smallest absolute Gasteiger partial charge is 0.313 e. The number of nitrogens with zero attached hydrogens (tertiary/aromatic N) is 1. The third-order valence-electron chi connectivity index (χ3n) is 5.37. The molecule has 0 saturated carbocycles. The van der Waals surface area contributed by atoms with Gasteiger partial charge in [-0.05, 0) is 44.4 Å². The number of esters is 1. The average Bonchev–Trinajstić information content (AvgIpc) is 2.67. The molecular formula is C22H27NO3. The minimum Gasteiger partial charge on any atom is -0.443 e. The van der Waals surface area contributed by atoms with Gasteiger partial charge < -0.3 is 14.7 Å². The second-order valence-corrected chi connectivity index (χ2v) is 7.43. The molecule has 0 amide bonds. The molecule has 1 unspecified atom stereocenters. The van der Waals surface area contributed by atoms with E-state index in [4.69, 9.17) is 4.74 Å². The summed E-state index contributed by atoms with van der Waals surface area (Å²) in [7, 11) is 0. The molecule has 4 heteroatoms. The zero-order valence-electron chi connectivity index (χ0n) is 16.0. The van der Waals surface area contributed by atoms with Gasteiger partial charge in [0.2, 0.25) is 0 Å². The Balaban J connectivity index is 1.97. The average molecular weight is 353 g/mol. The van der Waals surface area contributed by atoms with Gasteiger partial charge in [0.25, 0.3) is 0 Å². The Kier molecular flexibility index (Phi) is 5.05. The van der Waals surface area contributed by atoms with E-state index in [1.807, 2.05) is 62.1 Å². The number of anilines is 2. The molecule has 2 aromatic rings. The molecule has 0 saturated heterocycles. The first-order valence-electron chi connectivity index (χ1n) is 9.23. The van der Waals surface area contributed by atoms with Crippen LogP contribution in [0.4, 0.5) is 11.4 Å². The number of carbonyl (C=O) groups excluding carboxylic acids is 1. The molecule has 0 aromatic heterocycles. The minimum atomic E-state index is -0.674. The predicted octanol–water partition coefficient (Wildman–Crippen LogP) is 4.72. The fraction of sp³-hybridized carbons (Fsp3) is 0.409. The van der Waals surface area contributed by atoms with E-state index in [1.54, 1.807) is 0 Å². The van der Waals surface area contributed by atoms with Gasteiger partial charge in [0, 0.05) is 11.1 Å². The molecule has 1 N–H and O–H groups in total. The quantitative estimate of drug-likeness (QED) is 0.790. The predicted molar refractivity (Wildman–Crippen MR) is 103 cm³/mol. The van der Waals surface area contributed by atoms with Crippen LogP contribution >= 0.6 is 0 Å². The lowest BCUT2D eigenvalue weighted by Gasteiger charge is -2.36. The van der Waals surface area contributed by atoms with Crippen molar-refractivity contribution >= 4 is 17.3 Å². The summed E-state index contributed by atoms with van der Waals surface area (Å²) in [5, 5.41) is 10.9. The molecule has 0 aliphatic carbocycles. The van der Waals surface area contributed by atoms with E-state index >= 15 is 0 Å². The van der Waals surface area contributed by atoms with E-state index < -0.39 is 11.5 Å². The van der Waals surface area contributed by atoms with E-state index in [0.717, 1.165) is 35.3 Å². The Hall–Kier alpha value is -2.33. The molecular weight excluding hydrogens is 326 g/mol.